The van der Waals surface area contributed by atoms with Gasteiger partial charge in [-0.25, -0.2) is 18.0 Å². The van der Waals surface area contributed by atoms with Crippen molar-refractivity contribution in [2.24, 2.45) is 11.7 Å². The first-order valence-electron chi connectivity index (χ1n) is 12.4. The van der Waals surface area contributed by atoms with Crippen LogP contribution in [0, 0.1) is 23.4 Å². The Morgan fingerprint density at radius 3 is 2.35 bits per heavy atom. The molecule has 2 aromatic carbocycles. The lowest BCUT2D eigenvalue weighted by atomic mass is 10.0. The molecule has 8 nitrogen and oxygen atoms in total. The Morgan fingerprint density at radius 1 is 1.12 bits per heavy atom. The molecule has 3 rings (SSSR count). The molecule has 0 aromatic heterocycles. The molecular formula is C27H33ClF3N3O5S. The van der Waals surface area contributed by atoms with Crippen molar-refractivity contribution in [2.75, 3.05) is 19.3 Å². The molecule has 1 aliphatic rings. The van der Waals surface area contributed by atoms with Crippen molar-refractivity contribution < 1.29 is 37.4 Å². The zero-order valence-corrected chi connectivity index (χ0v) is 23.9. The lowest BCUT2D eigenvalue weighted by Gasteiger charge is -2.28. The molecule has 2 aromatic rings. The minimum atomic E-state index is -1.30. The second kappa shape index (κ2) is 14.6. The molecule has 1 fully saturated rings. The van der Waals surface area contributed by atoms with Crippen LogP contribution in [0.5, 0.6) is 5.75 Å². The third-order valence-corrected chi connectivity index (χ3v) is 7.45. The predicted octanol–water partition coefficient (Wildman–Crippen LogP) is 3.83. The second-order valence-electron chi connectivity index (χ2n) is 9.80. The van der Waals surface area contributed by atoms with Crippen LogP contribution in [0.2, 0.25) is 0 Å². The summed E-state index contributed by atoms with van der Waals surface area (Å²) in [5, 5.41) is 8.55. The summed E-state index contributed by atoms with van der Waals surface area (Å²) in [5.41, 5.74) is 6.67. The third-order valence-electron chi connectivity index (χ3n) is 6.26. The van der Waals surface area contributed by atoms with Crippen molar-refractivity contribution in [1.29, 1.82) is 0 Å². The number of carboxylic acid groups (broad SMARTS) is 1. The summed E-state index contributed by atoms with van der Waals surface area (Å²) >= 11 is 1.32. The van der Waals surface area contributed by atoms with Gasteiger partial charge in [-0.2, -0.15) is 0 Å². The highest BCUT2D eigenvalue weighted by Crippen LogP contribution is 2.27. The van der Waals surface area contributed by atoms with Gasteiger partial charge in [0, 0.05) is 50.3 Å². The summed E-state index contributed by atoms with van der Waals surface area (Å²) in [5.74, 6) is -4.43. The number of nitrogens with zero attached hydrogens (tertiary/aromatic N) is 2. The summed E-state index contributed by atoms with van der Waals surface area (Å²) in [7, 11) is 1.62. The quantitative estimate of drug-likeness (QED) is 0.375. The van der Waals surface area contributed by atoms with Crippen LogP contribution in [0.15, 0.2) is 36.4 Å². The maximum absolute atomic E-state index is 14.0. The molecule has 0 bridgehead atoms. The first kappa shape index (κ1) is 33.2. The first-order valence-corrected chi connectivity index (χ1v) is 13.5. The number of hydrogen-bond donors (Lipinski definition) is 2. The molecule has 220 valence electrons. The average molecular weight is 604 g/mol. The topological polar surface area (TPSA) is 113 Å². The van der Waals surface area contributed by atoms with Gasteiger partial charge in [0.2, 0.25) is 5.91 Å². The second-order valence-corrected chi connectivity index (χ2v) is 11.0. The van der Waals surface area contributed by atoms with Gasteiger partial charge in [-0.15, -0.1) is 24.2 Å². The molecule has 0 radical (unpaired) electrons. The van der Waals surface area contributed by atoms with Gasteiger partial charge >= 0.3 is 5.97 Å². The number of benzene rings is 2. The fraction of sp³-hybridized carbons (Fsp3) is 0.444. The lowest BCUT2D eigenvalue weighted by molar-refractivity contribution is -0.147. The Bertz CT molecular complexity index is 1200. The van der Waals surface area contributed by atoms with E-state index in [9.17, 15) is 32.7 Å². The number of hydrogen-bond acceptors (Lipinski definition) is 6. The Morgan fingerprint density at radius 2 is 1.75 bits per heavy atom. The number of amides is 2. The SMILES string of the molecule is CC(C)C(Oc1ccc(CN(C)C(=O)C2SCCN2C(=O)C[C@H](N)Cc2cc(F)c(F)cc2F)cc1)C(=O)O.Cl. The van der Waals surface area contributed by atoms with E-state index in [0.29, 0.717) is 24.1 Å². The summed E-state index contributed by atoms with van der Waals surface area (Å²) in [4.78, 5) is 40.4. The van der Waals surface area contributed by atoms with E-state index in [1.165, 1.54) is 21.6 Å². The molecule has 3 N–H and O–H groups in total. The van der Waals surface area contributed by atoms with Crippen LogP contribution in [-0.2, 0) is 27.3 Å². The van der Waals surface area contributed by atoms with E-state index in [1.807, 2.05) is 0 Å². The number of rotatable bonds is 11. The molecule has 1 heterocycles. The van der Waals surface area contributed by atoms with Gasteiger partial charge in [0.1, 0.15) is 11.6 Å². The van der Waals surface area contributed by atoms with E-state index in [4.69, 9.17) is 10.5 Å². The van der Waals surface area contributed by atoms with Crippen LogP contribution in [0.3, 0.4) is 0 Å². The van der Waals surface area contributed by atoms with Crippen LogP contribution in [0.25, 0.3) is 0 Å². The van der Waals surface area contributed by atoms with Crippen molar-refractivity contribution in [3.05, 3.63) is 65.0 Å². The van der Waals surface area contributed by atoms with E-state index in [-0.39, 0.29) is 55.1 Å². The van der Waals surface area contributed by atoms with E-state index >= 15 is 0 Å². The fourth-order valence-electron chi connectivity index (χ4n) is 4.18. The summed E-state index contributed by atoms with van der Waals surface area (Å²) in [6, 6.07) is 7.08. The van der Waals surface area contributed by atoms with Crippen molar-refractivity contribution >= 4 is 42.0 Å². The van der Waals surface area contributed by atoms with Crippen LogP contribution in [0.4, 0.5) is 13.2 Å². The van der Waals surface area contributed by atoms with Gasteiger partial charge in [-0.05, 0) is 35.7 Å². The van der Waals surface area contributed by atoms with E-state index in [2.05, 4.69) is 0 Å². The molecule has 1 saturated heterocycles. The molecular weight excluding hydrogens is 571 g/mol. The number of likely N-dealkylation sites (N-methyl/N-ethyl adjacent to an activating group) is 1. The largest absolute Gasteiger partial charge is 0.478 e. The summed E-state index contributed by atoms with van der Waals surface area (Å²) in [6.45, 7) is 4.10. The number of thioether (sulfide) groups is 1. The van der Waals surface area contributed by atoms with Gasteiger partial charge in [0.25, 0.3) is 5.91 Å². The highest BCUT2D eigenvalue weighted by molar-refractivity contribution is 8.00. The van der Waals surface area contributed by atoms with Crippen molar-refractivity contribution in [3.8, 4) is 5.75 Å². The van der Waals surface area contributed by atoms with Crippen LogP contribution >= 0.6 is 24.2 Å². The predicted molar refractivity (Wildman–Crippen MR) is 148 cm³/mol. The Labute approximate surface area is 241 Å². The molecule has 13 heteroatoms. The van der Waals surface area contributed by atoms with Gasteiger partial charge in [-0.3, -0.25) is 9.59 Å². The first-order chi connectivity index (χ1) is 18.4. The zero-order valence-electron chi connectivity index (χ0n) is 22.3. The number of halogens is 4. The monoisotopic (exact) mass is 603 g/mol. The molecule has 1 aliphatic heterocycles. The summed E-state index contributed by atoms with van der Waals surface area (Å²) < 4.78 is 46.2. The number of aliphatic carboxylic acids is 1. The maximum atomic E-state index is 14.0. The van der Waals surface area contributed by atoms with Gasteiger partial charge in [0.15, 0.2) is 23.1 Å². The Kier molecular flexibility index (Phi) is 12.1. The van der Waals surface area contributed by atoms with Crippen LogP contribution in [-0.4, -0.2) is 69.6 Å². The van der Waals surface area contributed by atoms with E-state index in [0.717, 1.165) is 11.6 Å². The van der Waals surface area contributed by atoms with Gasteiger partial charge in [0.05, 0.1) is 0 Å². The highest BCUT2D eigenvalue weighted by Gasteiger charge is 2.37. The average Bonchev–Trinajstić information content (AvgIpc) is 3.36. The normalized spacial score (nSPS) is 16.3. The van der Waals surface area contributed by atoms with Crippen molar-refractivity contribution in [2.45, 2.75) is 50.8 Å². The molecule has 40 heavy (non-hydrogen) atoms. The number of carboxylic acids is 1. The Balaban J connectivity index is 0.00000560. The zero-order chi connectivity index (χ0) is 28.9. The van der Waals surface area contributed by atoms with Crippen molar-refractivity contribution in [1.82, 2.24) is 9.80 Å². The molecule has 0 saturated carbocycles. The van der Waals surface area contributed by atoms with Crippen LogP contribution < -0.4 is 10.5 Å². The molecule has 3 atom stereocenters. The minimum Gasteiger partial charge on any atom is -0.478 e. The maximum Gasteiger partial charge on any atom is 0.345 e. The number of nitrogens with two attached hydrogens (primary N) is 1. The number of carbonyl (C=O) groups excluding carboxylic acids is 2. The molecule has 2 amide bonds. The van der Waals surface area contributed by atoms with Crippen molar-refractivity contribution in [3.63, 3.8) is 0 Å². The van der Waals surface area contributed by atoms with Gasteiger partial charge < -0.3 is 25.4 Å². The minimum absolute atomic E-state index is 0. The summed E-state index contributed by atoms with van der Waals surface area (Å²) in [6.07, 6.45) is -1.34. The number of ether oxygens (including phenoxy) is 1. The number of carbonyl (C=O) groups is 3. The highest BCUT2D eigenvalue weighted by atomic mass is 35.5. The molecule has 2 unspecified atom stereocenters. The van der Waals surface area contributed by atoms with Gasteiger partial charge in [-0.1, -0.05) is 26.0 Å². The fourth-order valence-corrected chi connectivity index (χ4v) is 5.43. The molecule has 0 aliphatic carbocycles. The lowest BCUT2D eigenvalue weighted by Crippen LogP contribution is -2.46. The third kappa shape index (κ3) is 8.52. The molecule has 0 spiro atoms. The van der Waals surface area contributed by atoms with E-state index < -0.39 is 40.9 Å². The smallest absolute Gasteiger partial charge is 0.345 e. The standard InChI is InChI=1S/C27H32F3N3O5S.ClH/c1-15(2)24(27(36)37)38-19-6-4-16(5-7-19)14-32(3)25(35)26-33(8-9-39-26)23(34)12-18(31)10-17-11-21(29)22(30)13-20(17)28;/h4-7,11,13,15,18,24,26H,8-10,12,14,31H2,1-3H3,(H,36,37);1H/t18-,24?,26?;/m1./s1. The van der Waals surface area contributed by atoms with Crippen LogP contribution in [0.1, 0.15) is 31.4 Å². The van der Waals surface area contributed by atoms with E-state index in [1.54, 1.807) is 45.2 Å². The Hall–Kier alpha value is -2.96.